The van der Waals surface area contributed by atoms with Crippen LogP contribution in [0.4, 0.5) is 15.8 Å². The average molecular weight is 517 g/mol. The van der Waals surface area contributed by atoms with Gasteiger partial charge in [-0.3, -0.25) is 19.5 Å². The number of rotatable bonds is 6. The maximum atomic E-state index is 13.7. The summed E-state index contributed by atoms with van der Waals surface area (Å²) in [6, 6.07) is 11.1. The molecule has 0 aliphatic rings. The van der Waals surface area contributed by atoms with E-state index in [-0.39, 0.29) is 10.7 Å². The number of nitrogens with zero attached hydrogens (tertiary/aromatic N) is 2. The zero-order valence-electron chi connectivity index (χ0n) is 18.0. The minimum absolute atomic E-state index is 0.232. The first-order valence-corrected chi connectivity index (χ1v) is 12.9. The Kier molecular flexibility index (Phi) is 6.65. The van der Waals surface area contributed by atoms with Crippen molar-refractivity contribution in [3.8, 4) is 22.4 Å². The van der Waals surface area contributed by atoms with E-state index in [1.54, 1.807) is 24.5 Å². The number of carbonyl (C=O) groups excluding carboxylic acids is 1. The summed E-state index contributed by atoms with van der Waals surface area (Å²) in [4.78, 5) is 22.6. The minimum atomic E-state index is -3.51. The predicted molar refractivity (Wildman–Crippen MR) is 133 cm³/mol. The Morgan fingerprint density at radius 2 is 1.85 bits per heavy atom. The molecule has 34 heavy (non-hydrogen) atoms. The highest BCUT2D eigenvalue weighted by molar-refractivity contribution is 7.92. The zero-order chi connectivity index (χ0) is 24.5. The molecular weight excluding hydrogens is 499 g/mol. The molecule has 0 unspecified atom stereocenters. The van der Waals surface area contributed by atoms with Crippen LogP contribution >= 0.6 is 22.9 Å². The second-order valence-corrected chi connectivity index (χ2v) is 10.9. The molecule has 3 aromatic heterocycles. The van der Waals surface area contributed by atoms with Crippen molar-refractivity contribution in [2.45, 2.75) is 6.92 Å². The molecule has 4 aromatic rings. The molecular formula is C23H18ClFN4O3S2. The van der Waals surface area contributed by atoms with E-state index in [9.17, 15) is 17.6 Å². The monoisotopic (exact) mass is 516 g/mol. The van der Waals surface area contributed by atoms with E-state index in [2.05, 4.69) is 20.0 Å². The third kappa shape index (κ3) is 5.58. The van der Waals surface area contributed by atoms with Crippen molar-refractivity contribution in [3.63, 3.8) is 0 Å². The van der Waals surface area contributed by atoms with Crippen molar-refractivity contribution >= 4 is 50.2 Å². The number of sulfonamides is 1. The number of pyridine rings is 2. The minimum Gasteiger partial charge on any atom is -0.321 e. The van der Waals surface area contributed by atoms with Crippen LogP contribution < -0.4 is 10.0 Å². The average Bonchev–Trinajstić information content (AvgIpc) is 3.14. The Morgan fingerprint density at radius 3 is 2.59 bits per heavy atom. The summed E-state index contributed by atoms with van der Waals surface area (Å²) in [6.45, 7) is 1.87. The standard InChI is InChI=1S/C23H18ClFN4O3S2/c1-13-20(22-19(4-3-5-27-22)14-6-16(25)12-26-11-14)10-21(33-13)23(30)28-17-7-15(24)8-18(9-17)29-34(2,31)32/h3-12,29H,1-2H3,(H,28,30). The number of hydrogen-bond donors (Lipinski definition) is 2. The van der Waals surface area contributed by atoms with Gasteiger partial charge < -0.3 is 5.32 Å². The molecule has 0 spiro atoms. The smallest absolute Gasteiger partial charge is 0.265 e. The van der Waals surface area contributed by atoms with Gasteiger partial charge in [-0.25, -0.2) is 12.8 Å². The van der Waals surface area contributed by atoms with Crippen molar-refractivity contribution in [1.82, 2.24) is 9.97 Å². The molecule has 174 valence electrons. The number of benzene rings is 1. The number of hydrogen-bond acceptors (Lipinski definition) is 6. The first kappa shape index (κ1) is 23.8. The Balaban J connectivity index is 1.65. The van der Waals surface area contributed by atoms with Crippen LogP contribution in [-0.2, 0) is 10.0 Å². The topological polar surface area (TPSA) is 101 Å². The van der Waals surface area contributed by atoms with Gasteiger partial charge in [0.2, 0.25) is 10.0 Å². The van der Waals surface area contributed by atoms with Gasteiger partial charge in [0.05, 0.1) is 28.7 Å². The fraction of sp³-hybridized carbons (Fsp3) is 0.0870. The number of carbonyl (C=O) groups is 1. The van der Waals surface area contributed by atoms with Gasteiger partial charge in [0.15, 0.2) is 0 Å². The molecule has 0 bridgehead atoms. The molecule has 0 atom stereocenters. The number of thiophene rings is 1. The zero-order valence-corrected chi connectivity index (χ0v) is 20.4. The highest BCUT2D eigenvalue weighted by Crippen LogP contribution is 2.36. The normalized spacial score (nSPS) is 11.3. The van der Waals surface area contributed by atoms with Crippen LogP contribution in [0.3, 0.4) is 0 Å². The molecule has 4 rings (SSSR count). The van der Waals surface area contributed by atoms with Crippen LogP contribution in [0.1, 0.15) is 14.5 Å². The third-order valence-corrected chi connectivity index (χ3v) is 6.55. The second-order valence-electron chi connectivity index (χ2n) is 7.43. The van der Waals surface area contributed by atoms with Crippen molar-refractivity contribution in [2.75, 3.05) is 16.3 Å². The lowest BCUT2D eigenvalue weighted by Crippen LogP contribution is -2.12. The molecule has 0 saturated heterocycles. The molecule has 3 heterocycles. The fourth-order valence-corrected chi connectivity index (χ4v) is 5.07. The van der Waals surface area contributed by atoms with E-state index in [0.717, 1.165) is 22.9 Å². The Bertz CT molecular complexity index is 1510. The quantitative estimate of drug-likeness (QED) is 0.347. The van der Waals surface area contributed by atoms with Crippen molar-refractivity contribution in [1.29, 1.82) is 0 Å². The highest BCUT2D eigenvalue weighted by atomic mass is 35.5. The van der Waals surface area contributed by atoms with E-state index < -0.39 is 21.7 Å². The lowest BCUT2D eigenvalue weighted by Gasteiger charge is -2.09. The third-order valence-electron chi connectivity index (χ3n) is 4.68. The van der Waals surface area contributed by atoms with Gasteiger partial charge in [0.1, 0.15) is 5.82 Å². The summed E-state index contributed by atoms with van der Waals surface area (Å²) < 4.78 is 39.1. The van der Waals surface area contributed by atoms with Gasteiger partial charge in [0, 0.05) is 44.7 Å². The van der Waals surface area contributed by atoms with Gasteiger partial charge in [-0.2, -0.15) is 0 Å². The van der Waals surface area contributed by atoms with E-state index in [1.807, 2.05) is 13.0 Å². The Morgan fingerprint density at radius 1 is 1.09 bits per heavy atom. The molecule has 0 aliphatic carbocycles. The maximum Gasteiger partial charge on any atom is 0.265 e. The largest absolute Gasteiger partial charge is 0.321 e. The summed E-state index contributed by atoms with van der Waals surface area (Å²) in [5.74, 6) is -0.850. The number of anilines is 2. The number of nitrogens with one attached hydrogen (secondary N) is 2. The maximum absolute atomic E-state index is 13.7. The van der Waals surface area contributed by atoms with Crippen LogP contribution in [0.5, 0.6) is 0 Å². The van der Waals surface area contributed by atoms with Crippen LogP contribution in [0.2, 0.25) is 5.02 Å². The molecule has 2 N–H and O–H groups in total. The molecule has 7 nitrogen and oxygen atoms in total. The van der Waals surface area contributed by atoms with Crippen molar-refractivity contribution in [2.24, 2.45) is 0 Å². The van der Waals surface area contributed by atoms with E-state index in [4.69, 9.17) is 11.6 Å². The van der Waals surface area contributed by atoms with Crippen LogP contribution in [-0.4, -0.2) is 30.5 Å². The van der Waals surface area contributed by atoms with Gasteiger partial charge in [-0.1, -0.05) is 17.7 Å². The first-order valence-electron chi connectivity index (χ1n) is 9.85. The van der Waals surface area contributed by atoms with Crippen LogP contribution in [0.25, 0.3) is 22.4 Å². The highest BCUT2D eigenvalue weighted by Gasteiger charge is 2.18. The summed E-state index contributed by atoms with van der Waals surface area (Å²) in [5.41, 5.74) is 3.17. The number of halogens is 2. The SMILES string of the molecule is Cc1sc(C(=O)Nc2cc(Cl)cc(NS(C)(=O)=O)c2)cc1-c1ncccc1-c1cncc(F)c1. The predicted octanol–water partition coefficient (Wildman–Crippen LogP) is 5.60. The lowest BCUT2D eigenvalue weighted by molar-refractivity contribution is 0.103. The van der Waals surface area contributed by atoms with Gasteiger partial charge in [0.25, 0.3) is 5.91 Å². The summed E-state index contributed by atoms with van der Waals surface area (Å²) in [7, 11) is -3.51. The number of amides is 1. The summed E-state index contributed by atoms with van der Waals surface area (Å²) in [6.07, 6.45) is 5.34. The molecule has 1 aromatic carbocycles. The van der Waals surface area contributed by atoms with Crippen LogP contribution in [0.15, 0.2) is 61.1 Å². The molecule has 0 fully saturated rings. The van der Waals surface area contributed by atoms with Crippen molar-refractivity contribution in [3.05, 3.63) is 81.6 Å². The molecule has 11 heteroatoms. The lowest BCUT2D eigenvalue weighted by atomic mass is 10.0. The molecule has 0 aliphatic heterocycles. The van der Waals surface area contributed by atoms with E-state index >= 15 is 0 Å². The summed E-state index contributed by atoms with van der Waals surface area (Å²) >= 11 is 7.36. The van der Waals surface area contributed by atoms with Gasteiger partial charge >= 0.3 is 0 Å². The number of aromatic nitrogens is 2. The van der Waals surface area contributed by atoms with Crippen molar-refractivity contribution < 1.29 is 17.6 Å². The number of aryl methyl sites for hydroxylation is 1. The van der Waals surface area contributed by atoms with Gasteiger partial charge in [-0.15, -0.1) is 11.3 Å². The fourth-order valence-electron chi connectivity index (χ4n) is 3.37. The van der Waals surface area contributed by atoms with Crippen LogP contribution in [0, 0.1) is 12.7 Å². The second kappa shape index (κ2) is 9.49. The van der Waals surface area contributed by atoms with Gasteiger partial charge in [-0.05, 0) is 43.3 Å². The molecule has 1 amide bonds. The first-order chi connectivity index (χ1) is 16.1. The Hall–Kier alpha value is -3.34. The molecule has 0 radical (unpaired) electrons. The molecule has 0 saturated carbocycles. The Labute approximate surface area is 204 Å². The summed E-state index contributed by atoms with van der Waals surface area (Å²) in [5, 5.41) is 3.00. The van der Waals surface area contributed by atoms with E-state index in [0.29, 0.717) is 27.4 Å². The van der Waals surface area contributed by atoms with E-state index in [1.165, 1.54) is 35.6 Å².